The number of piperidine rings is 1. The van der Waals surface area contributed by atoms with Crippen LogP contribution >= 0.6 is 0 Å². The summed E-state index contributed by atoms with van der Waals surface area (Å²) in [4.78, 5) is 23.2. The van der Waals surface area contributed by atoms with Crippen LogP contribution in [0.1, 0.15) is 23.2 Å². The molecule has 1 aliphatic heterocycles. The van der Waals surface area contributed by atoms with Crippen molar-refractivity contribution in [1.82, 2.24) is 9.62 Å². The second kappa shape index (κ2) is 7.73. The monoisotopic (exact) mass is 354 g/mol. The molecule has 1 aliphatic rings. The van der Waals surface area contributed by atoms with Crippen molar-refractivity contribution in [3.8, 4) is 0 Å². The van der Waals surface area contributed by atoms with Crippen molar-refractivity contribution in [3.05, 3.63) is 29.8 Å². The molecule has 5 N–H and O–H groups in total. The molecular formula is C15H22N4O4S. The second-order valence-corrected chi connectivity index (χ2v) is 7.61. The minimum atomic E-state index is -3.71. The molecule has 9 heteroatoms. The molecule has 1 saturated heterocycles. The number of sulfonamides is 1. The van der Waals surface area contributed by atoms with Crippen LogP contribution in [0, 0.1) is 5.92 Å². The van der Waals surface area contributed by atoms with Crippen LogP contribution in [0.3, 0.4) is 0 Å². The van der Waals surface area contributed by atoms with Gasteiger partial charge in [0.2, 0.25) is 21.8 Å². The predicted molar refractivity (Wildman–Crippen MR) is 88.5 cm³/mol. The Morgan fingerprint density at radius 3 is 2.50 bits per heavy atom. The van der Waals surface area contributed by atoms with Gasteiger partial charge in [0.15, 0.2) is 0 Å². The van der Waals surface area contributed by atoms with E-state index in [1.54, 1.807) is 0 Å². The Morgan fingerprint density at radius 2 is 1.92 bits per heavy atom. The van der Waals surface area contributed by atoms with E-state index in [0.29, 0.717) is 32.5 Å². The number of nitrogens with two attached hydrogens (primary N) is 2. The lowest BCUT2D eigenvalue weighted by Gasteiger charge is -2.31. The molecule has 1 aromatic rings. The van der Waals surface area contributed by atoms with Crippen molar-refractivity contribution < 1.29 is 18.0 Å². The third-order valence-corrected chi connectivity index (χ3v) is 5.85. The summed E-state index contributed by atoms with van der Waals surface area (Å²) in [6.07, 6.45) is 1.25. The fourth-order valence-corrected chi connectivity index (χ4v) is 4.18. The van der Waals surface area contributed by atoms with E-state index in [9.17, 15) is 18.0 Å². The number of nitrogens with one attached hydrogen (secondary N) is 1. The van der Waals surface area contributed by atoms with Crippen LogP contribution in [0.4, 0.5) is 0 Å². The van der Waals surface area contributed by atoms with E-state index in [1.807, 2.05) is 0 Å². The molecule has 2 amide bonds. The minimum Gasteiger partial charge on any atom is -0.366 e. The maximum Gasteiger partial charge on any atom is 0.248 e. The number of nitrogens with zero attached hydrogens (tertiary/aromatic N) is 1. The van der Waals surface area contributed by atoms with E-state index < -0.39 is 15.9 Å². The van der Waals surface area contributed by atoms with Crippen molar-refractivity contribution in [3.63, 3.8) is 0 Å². The first kappa shape index (κ1) is 18.4. The Morgan fingerprint density at radius 1 is 1.25 bits per heavy atom. The molecule has 132 valence electrons. The molecule has 1 aromatic carbocycles. The molecule has 0 radical (unpaired) electrons. The number of hydrogen-bond acceptors (Lipinski definition) is 5. The third kappa shape index (κ3) is 4.11. The predicted octanol–water partition coefficient (Wildman–Crippen LogP) is -0.739. The van der Waals surface area contributed by atoms with Crippen molar-refractivity contribution in [2.24, 2.45) is 17.4 Å². The van der Waals surface area contributed by atoms with E-state index >= 15 is 0 Å². The smallest absolute Gasteiger partial charge is 0.248 e. The highest BCUT2D eigenvalue weighted by Crippen LogP contribution is 2.24. The molecule has 0 saturated carbocycles. The molecule has 24 heavy (non-hydrogen) atoms. The molecule has 0 aromatic heterocycles. The second-order valence-electron chi connectivity index (χ2n) is 5.67. The van der Waals surface area contributed by atoms with Gasteiger partial charge in [0.1, 0.15) is 0 Å². The highest BCUT2D eigenvalue weighted by atomic mass is 32.2. The number of benzene rings is 1. The van der Waals surface area contributed by atoms with E-state index in [-0.39, 0.29) is 28.8 Å². The van der Waals surface area contributed by atoms with Crippen molar-refractivity contribution in [1.29, 1.82) is 0 Å². The number of carbonyl (C=O) groups excluding carboxylic acids is 2. The van der Waals surface area contributed by atoms with Gasteiger partial charge in [0, 0.05) is 31.7 Å². The van der Waals surface area contributed by atoms with Crippen molar-refractivity contribution in [2.75, 3.05) is 26.2 Å². The van der Waals surface area contributed by atoms with Crippen molar-refractivity contribution >= 4 is 21.8 Å². The molecule has 1 unspecified atom stereocenters. The Kier molecular flexibility index (Phi) is 5.92. The average Bonchev–Trinajstić information content (AvgIpc) is 2.59. The van der Waals surface area contributed by atoms with Gasteiger partial charge in [-0.2, -0.15) is 4.31 Å². The zero-order chi connectivity index (χ0) is 17.7. The summed E-state index contributed by atoms with van der Waals surface area (Å²) in [5, 5.41) is 2.70. The van der Waals surface area contributed by atoms with Crippen LogP contribution in [0.25, 0.3) is 0 Å². The molecule has 1 atom stereocenters. The molecule has 1 fully saturated rings. The molecule has 0 spiro atoms. The van der Waals surface area contributed by atoms with Gasteiger partial charge in [-0.15, -0.1) is 0 Å². The van der Waals surface area contributed by atoms with E-state index in [2.05, 4.69) is 5.32 Å². The topological polar surface area (TPSA) is 136 Å². The average molecular weight is 354 g/mol. The highest BCUT2D eigenvalue weighted by molar-refractivity contribution is 7.89. The largest absolute Gasteiger partial charge is 0.366 e. The minimum absolute atomic E-state index is 0.0792. The molecular weight excluding hydrogens is 332 g/mol. The summed E-state index contributed by atoms with van der Waals surface area (Å²) in [5.74, 6) is -1.18. The Bertz CT molecular complexity index is 703. The Hall–Kier alpha value is -1.97. The highest BCUT2D eigenvalue weighted by Gasteiger charge is 2.33. The van der Waals surface area contributed by atoms with Crippen LogP contribution in [0.2, 0.25) is 0 Å². The summed E-state index contributed by atoms with van der Waals surface area (Å²) in [7, 11) is -3.71. The van der Waals surface area contributed by atoms with Gasteiger partial charge in [-0.25, -0.2) is 8.42 Å². The molecule has 2 rings (SSSR count). The normalized spacial score (nSPS) is 19.0. The van der Waals surface area contributed by atoms with Gasteiger partial charge in [-0.3, -0.25) is 9.59 Å². The zero-order valence-corrected chi connectivity index (χ0v) is 14.1. The fraction of sp³-hybridized carbons (Fsp3) is 0.467. The number of hydrogen-bond donors (Lipinski definition) is 3. The first-order valence-electron chi connectivity index (χ1n) is 7.74. The molecule has 8 nitrogen and oxygen atoms in total. The van der Waals surface area contributed by atoms with E-state index in [0.717, 1.165) is 0 Å². The quantitative estimate of drug-likeness (QED) is 0.618. The molecule has 0 aliphatic carbocycles. The standard InChI is InChI=1S/C15H22N4O4S/c16-7-8-18-15(21)12-2-1-9-19(10-12)24(22,23)13-5-3-11(4-6-13)14(17)20/h3-6,12H,1-2,7-10,16H2,(H2,17,20)(H,18,21). The fourth-order valence-electron chi connectivity index (χ4n) is 2.65. The lowest BCUT2D eigenvalue weighted by atomic mass is 9.99. The van der Waals surface area contributed by atoms with Gasteiger partial charge in [0.05, 0.1) is 10.8 Å². The maximum absolute atomic E-state index is 12.7. The number of amides is 2. The lowest BCUT2D eigenvalue weighted by Crippen LogP contribution is -2.46. The summed E-state index contributed by atoms with van der Waals surface area (Å²) in [6, 6.07) is 5.47. The van der Waals surface area contributed by atoms with Crippen LogP contribution in [-0.2, 0) is 14.8 Å². The van der Waals surface area contributed by atoms with Crippen molar-refractivity contribution in [2.45, 2.75) is 17.7 Å². The van der Waals surface area contributed by atoms with Crippen LogP contribution in [0.15, 0.2) is 29.2 Å². The van der Waals surface area contributed by atoms with E-state index in [4.69, 9.17) is 11.5 Å². The van der Waals surface area contributed by atoms with Gasteiger partial charge in [-0.1, -0.05) is 0 Å². The van der Waals surface area contributed by atoms with Crippen LogP contribution in [0.5, 0.6) is 0 Å². The Labute approximate surface area is 141 Å². The number of carbonyl (C=O) groups is 2. The Balaban J connectivity index is 2.13. The molecule has 1 heterocycles. The lowest BCUT2D eigenvalue weighted by molar-refractivity contribution is -0.126. The summed E-state index contributed by atoms with van der Waals surface area (Å²) >= 11 is 0. The SMILES string of the molecule is NCCNC(=O)C1CCCN(S(=O)(=O)c2ccc(C(N)=O)cc2)C1. The number of primary amides is 1. The first-order valence-corrected chi connectivity index (χ1v) is 9.18. The summed E-state index contributed by atoms with van der Waals surface area (Å²) in [5.41, 5.74) is 10.8. The van der Waals surface area contributed by atoms with Gasteiger partial charge in [0.25, 0.3) is 0 Å². The van der Waals surface area contributed by atoms with Gasteiger partial charge < -0.3 is 16.8 Å². The van der Waals surface area contributed by atoms with E-state index in [1.165, 1.54) is 28.6 Å². The number of rotatable bonds is 6. The first-order chi connectivity index (χ1) is 11.4. The third-order valence-electron chi connectivity index (χ3n) is 3.98. The maximum atomic E-state index is 12.7. The van der Waals surface area contributed by atoms with Crippen LogP contribution in [-0.4, -0.2) is 50.7 Å². The van der Waals surface area contributed by atoms with Gasteiger partial charge in [-0.05, 0) is 37.1 Å². The molecule has 0 bridgehead atoms. The van der Waals surface area contributed by atoms with Gasteiger partial charge >= 0.3 is 0 Å². The summed E-state index contributed by atoms with van der Waals surface area (Å²) in [6.45, 7) is 1.21. The van der Waals surface area contributed by atoms with Crippen LogP contribution < -0.4 is 16.8 Å². The summed E-state index contributed by atoms with van der Waals surface area (Å²) < 4.78 is 26.7. The zero-order valence-electron chi connectivity index (χ0n) is 13.3.